The third kappa shape index (κ3) is 13.1. The second-order valence-electron chi connectivity index (χ2n) is 17.7. The highest BCUT2D eigenvalue weighted by Gasteiger charge is 2.43. The van der Waals surface area contributed by atoms with Gasteiger partial charge in [0.1, 0.15) is 16.8 Å². The number of rotatable bonds is 23. The van der Waals surface area contributed by atoms with E-state index in [4.69, 9.17) is 9.47 Å². The lowest BCUT2D eigenvalue weighted by Crippen LogP contribution is -2.60. The summed E-state index contributed by atoms with van der Waals surface area (Å²) in [6, 6.07) is 14.4. The van der Waals surface area contributed by atoms with Crippen LogP contribution in [-0.2, 0) is 41.6 Å². The normalized spacial score (nSPS) is 18.2. The number of aromatic hydroxyl groups is 1. The molecule has 3 aromatic rings. The molecule has 0 saturated carbocycles. The molecule has 1 saturated heterocycles. The maximum Gasteiger partial charge on any atom is 0.245 e. The summed E-state index contributed by atoms with van der Waals surface area (Å²) in [5.41, 5.74) is 2.03. The van der Waals surface area contributed by atoms with E-state index in [1.807, 2.05) is 99.3 Å². The summed E-state index contributed by atoms with van der Waals surface area (Å²) < 4.78 is 12.2. The molecule has 2 aromatic carbocycles. The number of amides is 4. The Hall–Kier alpha value is -4.37. The molecule has 9 atom stereocenters. The first-order valence-electron chi connectivity index (χ1n) is 22.2. The van der Waals surface area contributed by atoms with Crippen molar-refractivity contribution in [2.24, 2.45) is 23.7 Å². The first-order valence-corrected chi connectivity index (χ1v) is 23.0. The van der Waals surface area contributed by atoms with Crippen molar-refractivity contribution in [1.82, 2.24) is 30.3 Å². The summed E-state index contributed by atoms with van der Waals surface area (Å²) in [5.74, 6) is -1.52. The van der Waals surface area contributed by atoms with Gasteiger partial charge in [-0.1, -0.05) is 97.4 Å². The van der Waals surface area contributed by atoms with Crippen LogP contribution in [0.2, 0.25) is 0 Å². The second kappa shape index (κ2) is 23.9. The van der Waals surface area contributed by atoms with Gasteiger partial charge in [0.25, 0.3) is 0 Å². The van der Waals surface area contributed by atoms with Crippen molar-refractivity contribution in [2.75, 3.05) is 34.9 Å². The van der Waals surface area contributed by atoms with Crippen LogP contribution in [0.15, 0.2) is 66.2 Å². The molecule has 2 heterocycles. The zero-order valence-corrected chi connectivity index (χ0v) is 39.6. The number of likely N-dealkylation sites (N-methyl/N-ethyl adjacent to an activating group) is 2. The monoisotopic (exact) mass is 877 g/mol. The fourth-order valence-electron chi connectivity index (χ4n) is 9.04. The minimum Gasteiger partial charge on any atom is -0.508 e. The number of benzene rings is 2. The molecule has 13 nitrogen and oxygen atoms in total. The molecule has 4 rings (SSSR count). The molecule has 0 spiro atoms. The number of phenols is 1. The molecule has 342 valence electrons. The molecule has 14 heteroatoms. The summed E-state index contributed by atoms with van der Waals surface area (Å²) in [6.07, 6.45) is 3.33. The van der Waals surface area contributed by atoms with Crippen LogP contribution in [0.4, 0.5) is 0 Å². The molecule has 1 aromatic heterocycles. The Morgan fingerprint density at radius 1 is 0.903 bits per heavy atom. The number of carbonyl (C=O) groups is 4. The number of carbonyl (C=O) groups excluding carboxylic acids is 4. The lowest BCUT2D eigenvalue weighted by molar-refractivity contribution is -0.148. The molecule has 0 bridgehead atoms. The lowest BCUT2D eigenvalue weighted by atomic mass is 9.89. The van der Waals surface area contributed by atoms with Gasteiger partial charge in [0, 0.05) is 45.9 Å². The number of ether oxygens (including phenoxy) is 2. The minimum atomic E-state index is -0.823. The van der Waals surface area contributed by atoms with Crippen molar-refractivity contribution < 1.29 is 33.8 Å². The summed E-state index contributed by atoms with van der Waals surface area (Å²) >= 11 is 1.50. The van der Waals surface area contributed by atoms with Crippen LogP contribution < -0.4 is 10.6 Å². The summed E-state index contributed by atoms with van der Waals surface area (Å²) in [6.45, 7) is 14.8. The van der Waals surface area contributed by atoms with Crippen molar-refractivity contribution in [3.05, 3.63) is 82.3 Å². The zero-order valence-electron chi connectivity index (χ0n) is 38.7. The van der Waals surface area contributed by atoms with Gasteiger partial charge in [0.05, 0.1) is 48.7 Å². The first kappa shape index (κ1) is 50.3. The summed E-state index contributed by atoms with van der Waals surface area (Å²) in [5, 5.41) is 18.8. The quantitative estimate of drug-likeness (QED) is 0.0974. The van der Waals surface area contributed by atoms with Gasteiger partial charge in [0.15, 0.2) is 0 Å². The number of thiazole rings is 1. The van der Waals surface area contributed by atoms with Crippen molar-refractivity contribution in [2.45, 2.75) is 130 Å². The standard InChI is InChI=1S/C48H72N6O7S/c1-12-32(6)43(53(9)48(59)41(30(2)3)51-46(58)42(31(4)5)52(8)29-35-20-22-36(55)23-21-35)39(60-10)28-40(56)54-25-16-19-38(54)44(61-11)33(7)45(57)50-37(47-49-24-26-62-47)27-34-17-14-13-15-18-34/h13-15,17-18,20-24,26,30-33,37-39,41-44,55H,12,16,19,25,27-29H2,1-11H3,(H,50,57)(H,51,58)/t32?,33?,37?,38-,39?,41?,42?,43?,44?/m0/s1. The lowest BCUT2D eigenvalue weighted by Gasteiger charge is -2.41. The van der Waals surface area contributed by atoms with Gasteiger partial charge in [-0.05, 0) is 67.3 Å². The van der Waals surface area contributed by atoms with Gasteiger partial charge in [-0.25, -0.2) is 4.98 Å². The summed E-state index contributed by atoms with van der Waals surface area (Å²) in [7, 11) is 6.79. The Balaban J connectivity index is 1.48. The Bertz CT molecular complexity index is 1850. The molecule has 0 aliphatic carbocycles. The van der Waals surface area contributed by atoms with Crippen LogP contribution in [0.3, 0.4) is 0 Å². The van der Waals surface area contributed by atoms with E-state index in [0.29, 0.717) is 25.9 Å². The van der Waals surface area contributed by atoms with Crippen molar-refractivity contribution >= 4 is 35.0 Å². The zero-order chi connectivity index (χ0) is 45.7. The molecular formula is C48H72N6O7S. The number of phenolic OH excluding ortho intramolecular Hbond substituents is 1. The minimum absolute atomic E-state index is 0.0238. The third-order valence-electron chi connectivity index (χ3n) is 12.6. The highest BCUT2D eigenvalue weighted by atomic mass is 32.1. The maximum atomic E-state index is 14.6. The smallest absolute Gasteiger partial charge is 0.245 e. The van der Waals surface area contributed by atoms with Crippen LogP contribution in [0.25, 0.3) is 0 Å². The molecular weight excluding hydrogens is 805 g/mol. The van der Waals surface area contributed by atoms with Crippen LogP contribution >= 0.6 is 11.3 Å². The highest BCUT2D eigenvalue weighted by molar-refractivity contribution is 7.09. The largest absolute Gasteiger partial charge is 0.508 e. The van der Waals surface area contributed by atoms with Crippen LogP contribution in [0.5, 0.6) is 5.75 Å². The van der Waals surface area contributed by atoms with E-state index < -0.39 is 36.3 Å². The number of methoxy groups -OCH3 is 2. The van der Waals surface area contributed by atoms with E-state index in [9.17, 15) is 24.3 Å². The van der Waals surface area contributed by atoms with Crippen LogP contribution in [-0.4, -0.2) is 120 Å². The summed E-state index contributed by atoms with van der Waals surface area (Å²) in [4.78, 5) is 67.0. The first-order chi connectivity index (χ1) is 29.5. The number of hydrogen-bond acceptors (Lipinski definition) is 10. The van der Waals surface area contributed by atoms with E-state index in [1.165, 1.54) is 11.3 Å². The van der Waals surface area contributed by atoms with Gasteiger partial charge >= 0.3 is 0 Å². The van der Waals surface area contributed by atoms with Gasteiger partial charge in [-0.2, -0.15) is 0 Å². The Morgan fingerprint density at radius 2 is 1.58 bits per heavy atom. The fraction of sp³-hybridized carbons (Fsp3) is 0.604. The number of aromatic nitrogens is 1. The average Bonchev–Trinajstić information content (AvgIpc) is 3.97. The van der Waals surface area contributed by atoms with E-state index in [1.54, 1.807) is 44.5 Å². The van der Waals surface area contributed by atoms with Gasteiger partial charge in [-0.3, -0.25) is 24.1 Å². The fourth-order valence-corrected chi connectivity index (χ4v) is 9.73. The molecule has 0 radical (unpaired) electrons. The Morgan fingerprint density at radius 3 is 2.15 bits per heavy atom. The average molecular weight is 877 g/mol. The van der Waals surface area contributed by atoms with E-state index in [2.05, 4.69) is 29.5 Å². The molecule has 1 fully saturated rings. The van der Waals surface area contributed by atoms with Crippen molar-refractivity contribution in [3.63, 3.8) is 0 Å². The number of nitrogens with one attached hydrogen (secondary N) is 2. The Kier molecular flexibility index (Phi) is 19.4. The van der Waals surface area contributed by atoms with Crippen molar-refractivity contribution in [3.8, 4) is 5.75 Å². The maximum absolute atomic E-state index is 14.6. The van der Waals surface area contributed by atoms with E-state index in [-0.39, 0.29) is 65.6 Å². The SMILES string of the molecule is CCC(C)C(C(CC(=O)N1CCC[C@H]1C(OC)C(C)C(=O)NC(Cc1ccccc1)c1nccs1)OC)N(C)C(=O)C(NC(=O)C(C(C)C)N(C)Cc1ccc(O)cc1)C(C)C. The van der Waals surface area contributed by atoms with E-state index in [0.717, 1.165) is 29.0 Å². The van der Waals surface area contributed by atoms with Crippen LogP contribution in [0.1, 0.15) is 96.3 Å². The molecule has 62 heavy (non-hydrogen) atoms. The van der Waals surface area contributed by atoms with E-state index >= 15 is 0 Å². The predicted octanol–water partition coefficient (Wildman–Crippen LogP) is 6.47. The molecule has 4 amide bonds. The predicted molar refractivity (Wildman–Crippen MR) is 244 cm³/mol. The second-order valence-corrected chi connectivity index (χ2v) is 18.6. The molecule has 3 N–H and O–H groups in total. The molecule has 1 aliphatic heterocycles. The van der Waals surface area contributed by atoms with Crippen molar-refractivity contribution in [1.29, 1.82) is 0 Å². The number of hydrogen-bond donors (Lipinski definition) is 3. The van der Waals surface area contributed by atoms with Gasteiger partial charge in [-0.15, -0.1) is 11.3 Å². The Labute approximate surface area is 373 Å². The van der Waals surface area contributed by atoms with Gasteiger partial charge < -0.3 is 35.0 Å². The molecule has 8 unspecified atom stereocenters. The third-order valence-corrected chi connectivity index (χ3v) is 13.5. The number of likely N-dealkylation sites (tertiary alicyclic amines) is 1. The highest BCUT2D eigenvalue weighted by Crippen LogP contribution is 2.31. The topological polar surface area (TPSA) is 154 Å². The van der Waals surface area contributed by atoms with Gasteiger partial charge in [0.2, 0.25) is 23.6 Å². The molecule has 1 aliphatic rings. The van der Waals surface area contributed by atoms with Crippen LogP contribution in [0, 0.1) is 23.7 Å². The number of nitrogens with zero attached hydrogens (tertiary/aromatic N) is 4.